The zero-order valence-electron chi connectivity index (χ0n) is 16.8. The molecule has 0 aliphatic carbocycles. The minimum atomic E-state index is -0.0763. The lowest BCUT2D eigenvalue weighted by Crippen LogP contribution is -1.95. The van der Waals surface area contributed by atoms with Gasteiger partial charge in [-0.2, -0.15) is 0 Å². The number of rotatable bonds is 20. The average Bonchev–Trinajstić information content (AvgIpc) is 2.63. The van der Waals surface area contributed by atoms with Crippen molar-refractivity contribution in [3.05, 3.63) is 0 Å². The van der Waals surface area contributed by atoms with Crippen LogP contribution in [0.3, 0.4) is 0 Å². The van der Waals surface area contributed by atoms with E-state index in [0.717, 1.165) is 6.42 Å². The van der Waals surface area contributed by atoms with Gasteiger partial charge in [-0.3, -0.25) is 4.79 Å². The fraction of sp³-hybridized carbons (Fsp3) is 0.955. The molecule has 0 fully saturated rings. The van der Waals surface area contributed by atoms with Crippen LogP contribution in [0.1, 0.15) is 135 Å². The van der Waals surface area contributed by atoms with Crippen molar-refractivity contribution in [1.29, 1.82) is 0 Å². The number of hydrogen-bond acceptors (Lipinski definition) is 2. The predicted octanol–water partition coefficient (Wildman–Crippen LogP) is 8.70. The summed E-state index contributed by atoms with van der Waals surface area (Å²) in [5.74, 6) is -0.0763. The molecule has 0 spiro atoms. The summed E-state index contributed by atoms with van der Waals surface area (Å²) >= 11 is 1.67. The van der Waals surface area contributed by atoms with Crippen molar-refractivity contribution in [3.63, 3.8) is 0 Å². The molecule has 150 valence electrons. The molecule has 0 aliphatic heterocycles. The lowest BCUT2D eigenvalue weighted by Gasteiger charge is -2.04. The van der Waals surface area contributed by atoms with Crippen molar-refractivity contribution in [2.45, 2.75) is 135 Å². The van der Waals surface area contributed by atoms with E-state index in [-0.39, 0.29) is 5.97 Å². The molecule has 0 atom stereocenters. The van der Waals surface area contributed by atoms with Crippen molar-refractivity contribution < 1.29 is 7.86 Å². The molecule has 0 saturated heterocycles. The summed E-state index contributed by atoms with van der Waals surface area (Å²) in [7, 11) is 0. The van der Waals surface area contributed by atoms with E-state index < -0.39 is 0 Å². The second-order valence-corrected chi connectivity index (χ2v) is 8.00. The standard InChI is InChI=1S/C22H43IO2/c1-2-3-4-5-6-7-8-9-10-11-12-13-14-15-16-17-18-19-20-21-22(24)25-23/h2-21H2,1H3. The van der Waals surface area contributed by atoms with Gasteiger partial charge in [0, 0.05) is 6.42 Å². The Morgan fingerprint density at radius 1 is 0.560 bits per heavy atom. The first-order chi connectivity index (χ1) is 12.3. The molecule has 0 aliphatic rings. The van der Waals surface area contributed by atoms with Crippen molar-refractivity contribution in [2.75, 3.05) is 0 Å². The monoisotopic (exact) mass is 466 g/mol. The topological polar surface area (TPSA) is 26.3 Å². The molecule has 3 heteroatoms. The molecule has 0 bridgehead atoms. The zero-order valence-corrected chi connectivity index (χ0v) is 19.0. The van der Waals surface area contributed by atoms with Gasteiger partial charge < -0.3 is 3.07 Å². The summed E-state index contributed by atoms with van der Waals surface area (Å²) in [6, 6.07) is 0. The molecule has 0 aromatic heterocycles. The van der Waals surface area contributed by atoms with Gasteiger partial charge in [-0.1, -0.05) is 122 Å². The summed E-state index contributed by atoms with van der Waals surface area (Å²) in [5, 5.41) is 0. The molecule has 0 N–H and O–H groups in total. The molecule has 0 amide bonds. The molecule has 0 aromatic carbocycles. The van der Waals surface area contributed by atoms with Crippen LogP contribution in [0.2, 0.25) is 0 Å². The van der Waals surface area contributed by atoms with Gasteiger partial charge >= 0.3 is 5.97 Å². The smallest absolute Gasteiger partial charge is 0.315 e. The molecule has 0 unspecified atom stereocenters. The van der Waals surface area contributed by atoms with E-state index in [2.05, 4.69) is 9.99 Å². The average molecular weight is 466 g/mol. The Morgan fingerprint density at radius 3 is 1.12 bits per heavy atom. The third kappa shape index (κ3) is 22.2. The molecule has 0 rings (SSSR count). The second kappa shape index (κ2) is 22.2. The Bertz CT molecular complexity index is 269. The fourth-order valence-electron chi connectivity index (χ4n) is 3.39. The van der Waals surface area contributed by atoms with E-state index in [1.165, 1.54) is 116 Å². The highest BCUT2D eigenvalue weighted by molar-refractivity contribution is 14.1. The number of unbranched alkanes of at least 4 members (excludes halogenated alkanes) is 18. The number of halogens is 1. The quantitative estimate of drug-likeness (QED) is 0.132. The third-order valence-electron chi connectivity index (χ3n) is 5.07. The normalized spacial score (nSPS) is 11.0. The lowest BCUT2D eigenvalue weighted by atomic mass is 10.0. The molecule has 0 saturated carbocycles. The first-order valence-electron chi connectivity index (χ1n) is 11.1. The van der Waals surface area contributed by atoms with Crippen LogP contribution in [0.4, 0.5) is 0 Å². The second-order valence-electron chi connectivity index (χ2n) is 7.56. The van der Waals surface area contributed by atoms with Gasteiger partial charge in [-0.25, -0.2) is 0 Å². The summed E-state index contributed by atoms with van der Waals surface area (Å²) in [4.78, 5) is 11.0. The number of carbonyl (C=O) groups is 1. The molecule has 0 heterocycles. The highest BCUT2D eigenvalue weighted by Crippen LogP contribution is 2.14. The largest absolute Gasteiger partial charge is 0.394 e. The molecular formula is C22H43IO2. The van der Waals surface area contributed by atoms with Gasteiger partial charge in [0.25, 0.3) is 0 Å². The Labute approximate surface area is 171 Å². The molecule has 2 nitrogen and oxygen atoms in total. The van der Waals surface area contributed by atoms with Crippen LogP contribution < -0.4 is 0 Å². The summed E-state index contributed by atoms with van der Waals surface area (Å²) < 4.78 is 4.62. The predicted molar refractivity (Wildman–Crippen MR) is 118 cm³/mol. The van der Waals surface area contributed by atoms with Gasteiger partial charge in [-0.05, 0) is 6.42 Å². The maximum Gasteiger partial charge on any atom is 0.315 e. The van der Waals surface area contributed by atoms with Crippen molar-refractivity contribution in [2.24, 2.45) is 0 Å². The van der Waals surface area contributed by atoms with Crippen LogP contribution in [0.5, 0.6) is 0 Å². The minimum absolute atomic E-state index is 0.0763. The molecule has 0 radical (unpaired) electrons. The number of hydrogen-bond donors (Lipinski definition) is 0. The fourth-order valence-corrected chi connectivity index (χ4v) is 3.61. The van der Waals surface area contributed by atoms with Crippen LogP contribution in [0.25, 0.3) is 0 Å². The molecule has 0 aromatic rings. The van der Waals surface area contributed by atoms with Crippen molar-refractivity contribution in [1.82, 2.24) is 0 Å². The molecule has 25 heavy (non-hydrogen) atoms. The van der Waals surface area contributed by atoms with Gasteiger partial charge in [0.15, 0.2) is 23.0 Å². The van der Waals surface area contributed by atoms with Crippen LogP contribution in [-0.4, -0.2) is 5.97 Å². The van der Waals surface area contributed by atoms with E-state index in [9.17, 15) is 4.79 Å². The van der Waals surface area contributed by atoms with Gasteiger partial charge in [0.1, 0.15) is 0 Å². The highest BCUT2D eigenvalue weighted by atomic mass is 127. The van der Waals surface area contributed by atoms with Crippen LogP contribution in [0.15, 0.2) is 0 Å². The van der Waals surface area contributed by atoms with E-state index in [4.69, 9.17) is 0 Å². The Hall–Kier alpha value is 0.200. The maximum atomic E-state index is 11.0. The van der Waals surface area contributed by atoms with Crippen molar-refractivity contribution >= 4 is 29.0 Å². The summed E-state index contributed by atoms with van der Waals surface area (Å²) in [6.07, 6.45) is 26.8. The van der Waals surface area contributed by atoms with Gasteiger partial charge in [0.2, 0.25) is 0 Å². The minimum Gasteiger partial charge on any atom is -0.394 e. The SMILES string of the molecule is CCCCCCCCCCCCCCCCCCCCCC(=O)OI. The van der Waals surface area contributed by atoms with Crippen LogP contribution in [0, 0.1) is 0 Å². The van der Waals surface area contributed by atoms with Gasteiger partial charge in [0.05, 0.1) is 0 Å². The van der Waals surface area contributed by atoms with Crippen LogP contribution in [-0.2, 0) is 7.86 Å². The maximum absolute atomic E-state index is 11.0. The van der Waals surface area contributed by atoms with Gasteiger partial charge in [-0.15, -0.1) is 0 Å². The Balaban J connectivity index is 2.99. The third-order valence-corrected chi connectivity index (χ3v) is 5.56. The first kappa shape index (κ1) is 25.2. The van der Waals surface area contributed by atoms with E-state index in [1.54, 1.807) is 23.0 Å². The lowest BCUT2D eigenvalue weighted by molar-refractivity contribution is -0.131. The van der Waals surface area contributed by atoms with E-state index in [0.29, 0.717) is 6.42 Å². The summed E-state index contributed by atoms with van der Waals surface area (Å²) in [6.45, 7) is 2.29. The highest BCUT2D eigenvalue weighted by Gasteiger charge is 2.00. The Morgan fingerprint density at radius 2 is 0.840 bits per heavy atom. The zero-order chi connectivity index (χ0) is 18.4. The number of carbonyl (C=O) groups excluding carboxylic acids is 1. The van der Waals surface area contributed by atoms with Crippen molar-refractivity contribution in [3.8, 4) is 0 Å². The summed E-state index contributed by atoms with van der Waals surface area (Å²) in [5.41, 5.74) is 0. The first-order valence-corrected chi connectivity index (χ1v) is 12.0. The molecular weight excluding hydrogens is 423 g/mol. The van der Waals surface area contributed by atoms with E-state index in [1.807, 2.05) is 0 Å². The Kier molecular flexibility index (Phi) is 22.4. The van der Waals surface area contributed by atoms with Crippen LogP contribution >= 0.6 is 23.0 Å². The van der Waals surface area contributed by atoms with E-state index >= 15 is 0 Å².